The van der Waals surface area contributed by atoms with Crippen LogP contribution >= 0.6 is 0 Å². The number of nitrogens with one attached hydrogen (secondary N) is 1. The van der Waals surface area contributed by atoms with Crippen molar-refractivity contribution in [2.75, 3.05) is 4.72 Å². The molecule has 2 rings (SSSR count). The second kappa shape index (κ2) is 6.11. The molecule has 0 atom stereocenters. The summed E-state index contributed by atoms with van der Waals surface area (Å²) in [5.41, 5.74) is -2.79. The van der Waals surface area contributed by atoms with Crippen LogP contribution in [0.1, 0.15) is 11.1 Å². The van der Waals surface area contributed by atoms with Crippen LogP contribution in [0.15, 0.2) is 47.4 Å². The number of nitro groups is 1. The van der Waals surface area contributed by atoms with E-state index in [1.165, 1.54) is 24.3 Å². The van der Waals surface area contributed by atoms with Crippen molar-refractivity contribution in [2.45, 2.75) is 18.0 Å². The van der Waals surface area contributed by atoms with E-state index in [1.54, 1.807) is 11.6 Å². The van der Waals surface area contributed by atoms with Gasteiger partial charge in [0, 0.05) is 6.07 Å². The van der Waals surface area contributed by atoms with Gasteiger partial charge >= 0.3 is 6.18 Å². The standard InChI is InChI=1S/C14H11F3N2O4S/c1-9-5-7-10(8-6-9)24(22,23)18-13-11(14(15,16)17)3-2-4-12(13)19(20)21/h2-8,18H,1H3. The van der Waals surface area contributed by atoms with Gasteiger partial charge in [-0.25, -0.2) is 8.42 Å². The number of hydrogen-bond donors (Lipinski definition) is 1. The van der Waals surface area contributed by atoms with Gasteiger partial charge in [-0.15, -0.1) is 0 Å². The predicted molar refractivity (Wildman–Crippen MR) is 80.1 cm³/mol. The first-order chi connectivity index (χ1) is 11.0. The largest absolute Gasteiger partial charge is 0.418 e. The third-order valence-corrected chi connectivity index (χ3v) is 4.48. The molecule has 0 unspecified atom stereocenters. The number of halogens is 3. The Morgan fingerprint density at radius 3 is 2.17 bits per heavy atom. The molecule has 2 aromatic rings. The molecule has 0 spiro atoms. The Morgan fingerprint density at radius 1 is 1.08 bits per heavy atom. The van der Waals surface area contributed by atoms with Gasteiger partial charge in [-0.1, -0.05) is 23.8 Å². The van der Waals surface area contributed by atoms with Crippen molar-refractivity contribution in [1.82, 2.24) is 0 Å². The quantitative estimate of drug-likeness (QED) is 0.665. The molecule has 2 aromatic carbocycles. The number of alkyl halides is 3. The maximum Gasteiger partial charge on any atom is 0.418 e. The number of nitrogens with zero attached hydrogens (tertiary/aromatic N) is 1. The average molecular weight is 360 g/mol. The molecule has 0 amide bonds. The second-order valence-corrected chi connectivity index (χ2v) is 6.56. The van der Waals surface area contributed by atoms with E-state index in [-0.39, 0.29) is 4.90 Å². The summed E-state index contributed by atoms with van der Waals surface area (Å²) in [7, 11) is -4.42. The lowest BCUT2D eigenvalue weighted by Crippen LogP contribution is -2.18. The minimum Gasteiger partial charge on any atom is -0.272 e. The van der Waals surface area contributed by atoms with E-state index >= 15 is 0 Å². The molecule has 24 heavy (non-hydrogen) atoms. The molecule has 0 aliphatic heterocycles. The molecule has 0 saturated carbocycles. The summed E-state index contributed by atoms with van der Waals surface area (Å²) in [4.78, 5) is 9.58. The van der Waals surface area contributed by atoms with Crippen molar-refractivity contribution < 1.29 is 26.5 Å². The summed E-state index contributed by atoms with van der Waals surface area (Å²) in [5.74, 6) is 0. The van der Waals surface area contributed by atoms with Crippen LogP contribution in [0, 0.1) is 17.0 Å². The van der Waals surface area contributed by atoms with Gasteiger partial charge in [0.25, 0.3) is 15.7 Å². The Labute approximate surface area is 135 Å². The topological polar surface area (TPSA) is 89.3 Å². The number of para-hydroxylation sites is 1. The molecule has 10 heteroatoms. The van der Waals surface area contributed by atoms with E-state index in [4.69, 9.17) is 0 Å². The lowest BCUT2D eigenvalue weighted by Gasteiger charge is -2.15. The van der Waals surface area contributed by atoms with E-state index < -0.39 is 38.1 Å². The van der Waals surface area contributed by atoms with E-state index in [2.05, 4.69) is 0 Å². The molecule has 1 N–H and O–H groups in total. The van der Waals surface area contributed by atoms with Gasteiger partial charge in [0.2, 0.25) is 0 Å². The number of hydrogen-bond acceptors (Lipinski definition) is 4. The van der Waals surface area contributed by atoms with Crippen LogP contribution in [0.5, 0.6) is 0 Å². The summed E-state index contributed by atoms with van der Waals surface area (Å²) in [5, 5.41) is 11.0. The van der Waals surface area contributed by atoms with Crippen molar-refractivity contribution in [1.29, 1.82) is 0 Å². The number of rotatable bonds is 4. The molecule has 0 fully saturated rings. The Balaban J connectivity index is 2.59. The van der Waals surface area contributed by atoms with Crippen molar-refractivity contribution in [3.63, 3.8) is 0 Å². The first-order valence-electron chi connectivity index (χ1n) is 6.46. The van der Waals surface area contributed by atoms with E-state index in [0.29, 0.717) is 6.07 Å². The lowest BCUT2D eigenvalue weighted by molar-refractivity contribution is -0.384. The van der Waals surface area contributed by atoms with Gasteiger partial charge in [-0.05, 0) is 25.1 Å². The summed E-state index contributed by atoms with van der Waals surface area (Å²) in [6.45, 7) is 1.70. The highest BCUT2D eigenvalue weighted by Crippen LogP contribution is 2.40. The van der Waals surface area contributed by atoms with Crippen molar-refractivity contribution in [3.8, 4) is 0 Å². The fourth-order valence-corrected chi connectivity index (χ4v) is 3.04. The fourth-order valence-electron chi connectivity index (χ4n) is 1.95. The Kier molecular flexibility index (Phi) is 4.52. The SMILES string of the molecule is Cc1ccc(S(=O)(=O)Nc2c([N+](=O)[O-])cccc2C(F)(F)F)cc1. The predicted octanol–water partition coefficient (Wildman–Crippen LogP) is 3.72. The number of aryl methyl sites for hydroxylation is 1. The van der Waals surface area contributed by atoms with Crippen LogP contribution in [0.3, 0.4) is 0 Å². The van der Waals surface area contributed by atoms with Crippen molar-refractivity contribution in [3.05, 3.63) is 63.7 Å². The highest BCUT2D eigenvalue weighted by atomic mass is 32.2. The molecule has 0 aliphatic carbocycles. The van der Waals surface area contributed by atoms with Gasteiger partial charge in [0.15, 0.2) is 0 Å². The Hall–Kier alpha value is -2.62. The van der Waals surface area contributed by atoms with Gasteiger partial charge in [-0.2, -0.15) is 13.2 Å². The highest BCUT2D eigenvalue weighted by molar-refractivity contribution is 7.92. The zero-order valence-corrected chi connectivity index (χ0v) is 13.0. The van der Waals surface area contributed by atoms with E-state index in [9.17, 15) is 31.7 Å². The van der Waals surface area contributed by atoms with E-state index in [0.717, 1.165) is 17.7 Å². The monoisotopic (exact) mass is 360 g/mol. The molecule has 0 radical (unpaired) electrons. The van der Waals surface area contributed by atoms with Crippen molar-refractivity contribution in [2.24, 2.45) is 0 Å². The van der Waals surface area contributed by atoms with Crippen LogP contribution in [0.4, 0.5) is 24.5 Å². The summed E-state index contributed by atoms with van der Waals surface area (Å²) in [6.07, 6.45) is -4.96. The first-order valence-corrected chi connectivity index (χ1v) is 7.95. The van der Waals surface area contributed by atoms with Crippen LogP contribution < -0.4 is 4.72 Å². The van der Waals surface area contributed by atoms with Gasteiger partial charge in [0.05, 0.1) is 15.4 Å². The summed E-state index contributed by atoms with van der Waals surface area (Å²) in [6, 6.07) is 7.50. The lowest BCUT2D eigenvalue weighted by atomic mass is 10.1. The third kappa shape index (κ3) is 3.65. The Bertz CT molecular complexity index is 878. The smallest absolute Gasteiger partial charge is 0.272 e. The number of sulfonamides is 1. The number of nitro benzene ring substituents is 1. The van der Waals surface area contributed by atoms with Gasteiger partial charge in [-0.3, -0.25) is 14.8 Å². The number of benzene rings is 2. The zero-order chi connectivity index (χ0) is 18.1. The number of anilines is 1. The van der Waals surface area contributed by atoms with Crippen LogP contribution in [-0.2, 0) is 16.2 Å². The molecule has 128 valence electrons. The molecule has 0 heterocycles. The summed E-state index contributed by atoms with van der Waals surface area (Å²) >= 11 is 0. The average Bonchev–Trinajstić information content (AvgIpc) is 2.46. The van der Waals surface area contributed by atoms with Gasteiger partial charge < -0.3 is 0 Å². The maximum atomic E-state index is 13.1. The normalized spacial score (nSPS) is 12.0. The highest BCUT2D eigenvalue weighted by Gasteiger charge is 2.38. The first kappa shape index (κ1) is 17.7. The minimum absolute atomic E-state index is 0.306. The van der Waals surface area contributed by atoms with Crippen LogP contribution in [0.25, 0.3) is 0 Å². The van der Waals surface area contributed by atoms with Gasteiger partial charge in [0.1, 0.15) is 5.69 Å². The zero-order valence-electron chi connectivity index (χ0n) is 12.2. The third-order valence-electron chi connectivity index (χ3n) is 3.11. The second-order valence-electron chi connectivity index (χ2n) is 4.87. The van der Waals surface area contributed by atoms with E-state index in [1.807, 2.05) is 0 Å². The molecule has 0 bridgehead atoms. The molecule has 0 aromatic heterocycles. The molecule has 0 saturated heterocycles. The Morgan fingerprint density at radius 2 is 1.67 bits per heavy atom. The van der Waals surface area contributed by atoms with Crippen molar-refractivity contribution >= 4 is 21.4 Å². The summed E-state index contributed by atoms with van der Waals surface area (Å²) < 4.78 is 65.4. The molecular weight excluding hydrogens is 349 g/mol. The fraction of sp³-hybridized carbons (Fsp3) is 0.143. The minimum atomic E-state index is -4.96. The molecular formula is C14H11F3N2O4S. The molecule has 6 nitrogen and oxygen atoms in total. The molecule has 0 aliphatic rings. The van der Waals surface area contributed by atoms with Crippen LogP contribution in [0.2, 0.25) is 0 Å². The maximum absolute atomic E-state index is 13.1. The van der Waals surface area contributed by atoms with Crippen LogP contribution in [-0.4, -0.2) is 13.3 Å².